The summed E-state index contributed by atoms with van der Waals surface area (Å²) in [5, 5.41) is 6.14. The van der Waals surface area contributed by atoms with Gasteiger partial charge < -0.3 is 10.6 Å². The van der Waals surface area contributed by atoms with Gasteiger partial charge in [-0.3, -0.25) is 4.79 Å². The maximum atomic E-state index is 11.6. The maximum Gasteiger partial charge on any atom is 0.220 e. The molecule has 0 aromatic carbocycles. The summed E-state index contributed by atoms with van der Waals surface area (Å²) in [7, 11) is -1.53. The number of hydrogen-bond acceptors (Lipinski definition) is 4. The molecule has 1 atom stereocenters. The largest absolute Gasteiger partial charge is 0.356 e. The molecular formula is C13H27N3O3S. The van der Waals surface area contributed by atoms with E-state index < -0.39 is 10.0 Å². The van der Waals surface area contributed by atoms with Gasteiger partial charge in [-0.2, -0.15) is 0 Å². The SMILES string of the molecule is CCS(=O)(=O)N(C)CCCNC(=O)CCC1CCNC1. The molecule has 1 aliphatic rings. The van der Waals surface area contributed by atoms with Gasteiger partial charge in [0.25, 0.3) is 0 Å². The van der Waals surface area contributed by atoms with Crippen LogP contribution in [0.4, 0.5) is 0 Å². The summed E-state index contributed by atoms with van der Waals surface area (Å²) in [5.74, 6) is 0.810. The molecule has 0 aliphatic carbocycles. The highest BCUT2D eigenvalue weighted by Crippen LogP contribution is 2.13. The van der Waals surface area contributed by atoms with E-state index in [1.165, 1.54) is 4.31 Å². The van der Waals surface area contributed by atoms with Crippen LogP contribution in [0.2, 0.25) is 0 Å². The molecule has 0 aromatic heterocycles. The standard InChI is InChI=1S/C13H27N3O3S/c1-3-20(18,19)16(2)10-4-8-15-13(17)6-5-12-7-9-14-11-12/h12,14H,3-11H2,1-2H3,(H,15,17). The first-order valence-electron chi connectivity index (χ1n) is 7.37. The molecule has 118 valence electrons. The maximum absolute atomic E-state index is 11.6. The molecule has 2 N–H and O–H groups in total. The highest BCUT2D eigenvalue weighted by molar-refractivity contribution is 7.89. The van der Waals surface area contributed by atoms with Gasteiger partial charge in [0.05, 0.1) is 5.75 Å². The number of rotatable bonds is 9. The molecule has 1 heterocycles. The van der Waals surface area contributed by atoms with Gasteiger partial charge in [-0.25, -0.2) is 12.7 Å². The second-order valence-corrected chi connectivity index (χ2v) is 7.69. The van der Waals surface area contributed by atoms with Crippen LogP contribution in [-0.2, 0) is 14.8 Å². The van der Waals surface area contributed by atoms with Gasteiger partial charge in [0.1, 0.15) is 0 Å². The Balaban J connectivity index is 2.06. The molecule has 1 amide bonds. The van der Waals surface area contributed by atoms with Crippen molar-refractivity contribution in [3.8, 4) is 0 Å². The van der Waals surface area contributed by atoms with E-state index in [0.717, 1.165) is 25.9 Å². The fraction of sp³-hybridized carbons (Fsp3) is 0.923. The van der Waals surface area contributed by atoms with Gasteiger partial charge >= 0.3 is 0 Å². The van der Waals surface area contributed by atoms with E-state index >= 15 is 0 Å². The predicted octanol–water partition coefficient (Wildman–Crippen LogP) is 0.164. The van der Waals surface area contributed by atoms with Crippen LogP contribution in [0.15, 0.2) is 0 Å². The Labute approximate surface area is 122 Å². The van der Waals surface area contributed by atoms with Crippen LogP contribution in [0.3, 0.4) is 0 Å². The number of nitrogens with zero attached hydrogens (tertiary/aromatic N) is 1. The van der Waals surface area contributed by atoms with Crippen molar-refractivity contribution in [2.24, 2.45) is 5.92 Å². The fourth-order valence-corrected chi connectivity index (χ4v) is 3.12. The molecule has 0 radical (unpaired) electrons. The molecule has 20 heavy (non-hydrogen) atoms. The second-order valence-electron chi connectivity index (χ2n) is 5.32. The number of carbonyl (C=O) groups excluding carboxylic acids is 1. The van der Waals surface area contributed by atoms with Crippen molar-refractivity contribution < 1.29 is 13.2 Å². The predicted molar refractivity (Wildman–Crippen MR) is 79.9 cm³/mol. The lowest BCUT2D eigenvalue weighted by molar-refractivity contribution is -0.121. The van der Waals surface area contributed by atoms with Crippen molar-refractivity contribution in [2.45, 2.75) is 32.6 Å². The molecule has 0 bridgehead atoms. The number of amides is 1. The molecule has 7 heteroatoms. The van der Waals surface area contributed by atoms with Crippen LogP contribution in [0.25, 0.3) is 0 Å². The van der Waals surface area contributed by atoms with Gasteiger partial charge in [-0.1, -0.05) is 0 Å². The Morgan fingerprint density at radius 3 is 2.80 bits per heavy atom. The first-order chi connectivity index (χ1) is 9.45. The van der Waals surface area contributed by atoms with Gasteiger partial charge in [0.15, 0.2) is 0 Å². The third-order valence-corrected chi connectivity index (χ3v) is 5.62. The van der Waals surface area contributed by atoms with Crippen LogP contribution < -0.4 is 10.6 Å². The van der Waals surface area contributed by atoms with Crippen molar-refractivity contribution in [2.75, 3.05) is 39.0 Å². The summed E-state index contributed by atoms with van der Waals surface area (Å²) >= 11 is 0. The first kappa shape index (κ1) is 17.4. The Kier molecular flexibility index (Phi) is 7.47. The molecule has 0 aromatic rings. The van der Waals surface area contributed by atoms with E-state index in [1.807, 2.05) is 0 Å². The number of carbonyl (C=O) groups is 1. The lowest BCUT2D eigenvalue weighted by atomic mass is 10.0. The van der Waals surface area contributed by atoms with Gasteiger partial charge in [-0.15, -0.1) is 0 Å². The smallest absolute Gasteiger partial charge is 0.220 e. The molecule has 1 unspecified atom stereocenters. The van der Waals surface area contributed by atoms with Crippen LogP contribution in [-0.4, -0.2) is 57.6 Å². The van der Waals surface area contributed by atoms with Crippen molar-refractivity contribution in [1.82, 2.24) is 14.9 Å². The zero-order chi connectivity index (χ0) is 15.0. The summed E-state index contributed by atoms with van der Waals surface area (Å²) in [6.07, 6.45) is 3.30. The highest BCUT2D eigenvalue weighted by Gasteiger charge is 2.16. The van der Waals surface area contributed by atoms with Crippen LogP contribution in [0, 0.1) is 5.92 Å². The topological polar surface area (TPSA) is 78.5 Å². The Morgan fingerprint density at radius 1 is 1.45 bits per heavy atom. The molecule has 0 saturated carbocycles. The number of sulfonamides is 1. The minimum atomic E-state index is -3.11. The van der Waals surface area contributed by atoms with Crippen LogP contribution in [0.5, 0.6) is 0 Å². The summed E-state index contributed by atoms with van der Waals surface area (Å²) in [6.45, 7) is 4.69. The van der Waals surface area contributed by atoms with Crippen molar-refractivity contribution in [3.05, 3.63) is 0 Å². The summed E-state index contributed by atoms with van der Waals surface area (Å²) in [4.78, 5) is 11.6. The number of hydrogen-bond donors (Lipinski definition) is 2. The quantitative estimate of drug-likeness (QED) is 0.595. The normalized spacial score (nSPS) is 19.4. The molecule has 1 fully saturated rings. The molecular weight excluding hydrogens is 278 g/mol. The van der Waals surface area contributed by atoms with Crippen molar-refractivity contribution in [3.63, 3.8) is 0 Å². The monoisotopic (exact) mass is 305 g/mol. The van der Waals surface area contributed by atoms with E-state index in [0.29, 0.717) is 31.8 Å². The van der Waals surface area contributed by atoms with E-state index in [-0.39, 0.29) is 11.7 Å². The third kappa shape index (κ3) is 6.19. The fourth-order valence-electron chi connectivity index (χ4n) is 2.27. The minimum absolute atomic E-state index is 0.0675. The Hall–Kier alpha value is -0.660. The van der Waals surface area contributed by atoms with Gasteiger partial charge in [0.2, 0.25) is 15.9 Å². The molecule has 0 spiro atoms. The highest BCUT2D eigenvalue weighted by atomic mass is 32.2. The summed E-state index contributed by atoms with van der Waals surface area (Å²) in [5.41, 5.74) is 0. The molecule has 1 aliphatic heterocycles. The Morgan fingerprint density at radius 2 is 2.20 bits per heavy atom. The first-order valence-corrected chi connectivity index (χ1v) is 8.98. The van der Waals surface area contributed by atoms with Crippen LogP contribution >= 0.6 is 0 Å². The van der Waals surface area contributed by atoms with E-state index in [1.54, 1.807) is 14.0 Å². The zero-order valence-corrected chi connectivity index (χ0v) is 13.3. The average molecular weight is 305 g/mol. The zero-order valence-electron chi connectivity index (χ0n) is 12.5. The molecule has 6 nitrogen and oxygen atoms in total. The summed E-state index contributed by atoms with van der Waals surface area (Å²) in [6, 6.07) is 0. The van der Waals surface area contributed by atoms with Crippen molar-refractivity contribution >= 4 is 15.9 Å². The average Bonchev–Trinajstić information content (AvgIpc) is 2.94. The minimum Gasteiger partial charge on any atom is -0.356 e. The molecule has 1 rings (SSSR count). The Bertz CT molecular complexity index is 392. The van der Waals surface area contributed by atoms with Crippen LogP contribution in [0.1, 0.15) is 32.6 Å². The summed E-state index contributed by atoms with van der Waals surface area (Å²) < 4.78 is 24.4. The van der Waals surface area contributed by atoms with Gasteiger partial charge in [0, 0.05) is 26.6 Å². The molecule has 1 saturated heterocycles. The van der Waals surface area contributed by atoms with E-state index in [4.69, 9.17) is 0 Å². The number of nitrogens with one attached hydrogen (secondary N) is 2. The lowest BCUT2D eigenvalue weighted by Crippen LogP contribution is -2.32. The van der Waals surface area contributed by atoms with Gasteiger partial charge in [-0.05, 0) is 45.2 Å². The van der Waals surface area contributed by atoms with E-state index in [2.05, 4.69) is 10.6 Å². The third-order valence-electron chi connectivity index (χ3n) is 3.75. The van der Waals surface area contributed by atoms with E-state index in [9.17, 15) is 13.2 Å². The second kappa shape index (κ2) is 8.59. The van der Waals surface area contributed by atoms with Crippen molar-refractivity contribution in [1.29, 1.82) is 0 Å². The lowest BCUT2D eigenvalue weighted by Gasteiger charge is -2.16.